The van der Waals surface area contributed by atoms with Crippen LogP contribution in [0.5, 0.6) is 0 Å². The van der Waals surface area contributed by atoms with Gasteiger partial charge < -0.3 is 4.90 Å². The van der Waals surface area contributed by atoms with Crippen LogP contribution in [0.1, 0.15) is 20.8 Å². The molecule has 5 heteroatoms. The molecule has 0 atom stereocenters. The fourth-order valence-corrected chi connectivity index (χ4v) is 2.12. The lowest BCUT2D eigenvalue weighted by atomic mass is 10.0. The number of likely N-dealkylation sites (N-methyl/N-ethyl adjacent to an activating group) is 1. The highest BCUT2D eigenvalue weighted by Crippen LogP contribution is 2.18. The summed E-state index contributed by atoms with van der Waals surface area (Å²) in [6.45, 7) is 11.6. The highest BCUT2D eigenvalue weighted by atomic mass is 16.1. The van der Waals surface area contributed by atoms with Crippen molar-refractivity contribution in [2.24, 2.45) is 0 Å². The van der Waals surface area contributed by atoms with Crippen LogP contribution in [0.2, 0.25) is 0 Å². The van der Waals surface area contributed by atoms with Crippen LogP contribution in [0.3, 0.4) is 0 Å². The lowest BCUT2D eigenvalue weighted by Gasteiger charge is -2.42. The Kier molecular flexibility index (Phi) is 5.32. The smallest absolute Gasteiger partial charge is 0.256 e. The molecule has 1 fully saturated rings. The molecule has 1 aliphatic rings. The van der Waals surface area contributed by atoms with E-state index in [1.807, 2.05) is 6.08 Å². The predicted molar refractivity (Wildman–Crippen MR) is 70.7 cm³/mol. The number of nitrogens with zero attached hydrogens (tertiary/aromatic N) is 3. The van der Waals surface area contributed by atoms with Gasteiger partial charge in [-0.25, -0.2) is 0 Å². The summed E-state index contributed by atoms with van der Waals surface area (Å²) in [5, 5.41) is 10.4. The third-order valence-electron chi connectivity index (χ3n) is 3.46. The van der Waals surface area contributed by atoms with Gasteiger partial charge in [-0.05, 0) is 20.4 Å². The first-order valence-electron chi connectivity index (χ1n) is 6.35. The summed E-state index contributed by atoms with van der Waals surface area (Å²) >= 11 is 0. The van der Waals surface area contributed by atoms with Crippen LogP contribution in [-0.2, 0) is 4.79 Å². The molecule has 0 bridgehead atoms. The van der Waals surface area contributed by atoms with Crippen LogP contribution in [0, 0.1) is 11.5 Å². The third kappa shape index (κ3) is 4.13. The summed E-state index contributed by atoms with van der Waals surface area (Å²) in [6, 6.07) is 0. The van der Waals surface area contributed by atoms with Crippen LogP contribution in [0.4, 0.5) is 0 Å². The summed E-state index contributed by atoms with van der Waals surface area (Å²) in [6.07, 6.45) is 4.93. The molecule has 0 aromatic carbocycles. The van der Waals surface area contributed by atoms with Gasteiger partial charge in [-0.3, -0.25) is 15.0 Å². The molecule has 0 aromatic rings. The van der Waals surface area contributed by atoms with Gasteiger partial charge in [0.2, 0.25) is 0 Å². The largest absolute Gasteiger partial charge is 0.301 e. The first-order chi connectivity index (χ1) is 8.49. The highest BCUT2D eigenvalue weighted by Gasteiger charge is 2.27. The Morgan fingerprint density at radius 3 is 2.50 bits per heavy atom. The van der Waals surface area contributed by atoms with Crippen molar-refractivity contribution in [1.29, 1.82) is 5.26 Å². The molecule has 1 rings (SSSR count). The molecular formula is C13H22N4O. The number of nitrogens with one attached hydrogen (secondary N) is 1. The Labute approximate surface area is 109 Å². The highest BCUT2D eigenvalue weighted by molar-refractivity contribution is 5.88. The Balaban J connectivity index is 2.54. The second kappa shape index (κ2) is 6.53. The van der Waals surface area contributed by atoms with Crippen molar-refractivity contribution >= 4 is 5.91 Å². The molecule has 0 aliphatic carbocycles. The minimum absolute atomic E-state index is 0.160. The molecule has 0 unspecified atom stereocenters. The van der Waals surface area contributed by atoms with E-state index < -0.39 is 0 Å². The van der Waals surface area contributed by atoms with Crippen molar-refractivity contribution in [1.82, 2.24) is 15.1 Å². The van der Waals surface area contributed by atoms with E-state index in [0.29, 0.717) is 0 Å². The van der Waals surface area contributed by atoms with Gasteiger partial charge in [-0.2, -0.15) is 5.26 Å². The maximum atomic E-state index is 11.2. The van der Waals surface area contributed by atoms with Gasteiger partial charge >= 0.3 is 0 Å². The van der Waals surface area contributed by atoms with Crippen molar-refractivity contribution in [3.05, 3.63) is 12.2 Å². The Morgan fingerprint density at radius 2 is 2.00 bits per heavy atom. The van der Waals surface area contributed by atoms with Crippen LogP contribution in [-0.4, -0.2) is 54.0 Å². The first-order valence-corrected chi connectivity index (χ1v) is 6.35. The van der Waals surface area contributed by atoms with Crippen LogP contribution < -0.4 is 5.32 Å². The van der Waals surface area contributed by atoms with Crippen molar-refractivity contribution in [2.45, 2.75) is 26.3 Å². The summed E-state index contributed by atoms with van der Waals surface area (Å²) in [4.78, 5) is 16.0. The number of nitriles is 1. The SMILES string of the molecule is CCN1CCN(C(C)(C)C=CC(=O)NC#N)CC1. The quantitative estimate of drug-likeness (QED) is 0.450. The van der Waals surface area contributed by atoms with E-state index in [4.69, 9.17) is 5.26 Å². The molecule has 0 radical (unpaired) electrons. The molecule has 18 heavy (non-hydrogen) atoms. The van der Waals surface area contributed by atoms with Crippen LogP contribution in [0.15, 0.2) is 12.2 Å². The molecule has 1 amide bonds. The van der Waals surface area contributed by atoms with Gasteiger partial charge in [0.15, 0.2) is 6.19 Å². The Hall–Kier alpha value is -1.38. The summed E-state index contributed by atoms with van der Waals surface area (Å²) in [5.74, 6) is -0.363. The summed E-state index contributed by atoms with van der Waals surface area (Å²) in [7, 11) is 0. The normalized spacial score (nSPS) is 18.8. The molecule has 1 N–H and O–H groups in total. The van der Waals surface area contributed by atoms with Gasteiger partial charge in [0.25, 0.3) is 5.91 Å². The summed E-state index contributed by atoms with van der Waals surface area (Å²) in [5.41, 5.74) is -0.160. The van der Waals surface area contributed by atoms with Gasteiger partial charge in [0.05, 0.1) is 0 Å². The molecule has 0 spiro atoms. The van der Waals surface area contributed by atoms with Crippen molar-refractivity contribution in [3.63, 3.8) is 0 Å². The molecule has 100 valence electrons. The first kappa shape index (κ1) is 14.7. The van der Waals surface area contributed by atoms with Crippen LogP contribution in [0.25, 0.3) is 0 Å². The minimum Gasteiger partial charge on any atom is -0.301 e. The lowest BCUT2D eigenvalue weighted by molar-refractivity contribution is -0.115. The zero-order chi connectivity index (χ0) is 13.6. The number of hydrogen-bond acceptors (Lipinski definition) is 4. The molecular weight excluding hydrogens is 228 g/mol. The Morgan fingerprint density at radius 1 is 1.39 bits per heavy atom. The van der Waals surface area contributed by atoms with Gasteiger partial charge in [0, 0.05) is 37.8 Å². The average Bonchev–Trinajstić information content (AvgIpc) is 2.37. The second-order valence-electron chi connectivity index (χ2n) is 5.01. The molecule has 1 aliphatic heterocycles. The van der Waals surface area contributed by atoms with Crippen molar-refractivity contribution in [3.8, 4) is 6.19 Å². The molecule has 1 heterocycles. The van der Waals surface area contributed by atoms with Gasteiger partial charge in [-0.1, -0.05) is 13.0 Å². The van der Waals surface area contributed by atoms with E-state index in [-0.39, 0.29) is 11.4 Å². The fourth-order valence-electron chi connectivity index (χ4n) is 2.12. The number of carbonyl (C=O) groups is 1. The second-order valence-corrected chi connectivity index (χ2v) is 5.01. The van der Waals surface area contributed by atoms with E-state index >= 15 is 0 Å². The van der Waals surface area contributed by atoms with Crippen molar-refractivity contribution < 1.29 is 4.79 Å². The number of amides is 1. The molecule has 0 saturated carbocycles. The molecule has 1 saturated heterocycles. The monoisotopic (exact) mass is 250 g/mol. The van der Waals surface area contributed by atoms with E-state index in [1.54, 1.807) is 6.19 Å². The maximum Gasteiger partial charge on any atom is 0.256 e. The van der Waals surface area contributed by atoms with E-state index in [2.05, 4.69) is 35.9 Å². The summed E-state index contributed by atoms with van der Waals surface area (Å²) < 4.78 is 0. The zero-order valence-corrected chi connectivity index (χ0v) is 11.4. The lowest BCUT2D eigenvalue weighted by Crippen LogP contribution is -2.53. The predicted octanol–water partition coefficient (Wildman–Crippen LogP) is 0.556. The number of hydrogen-bond donors (Lipinski definition) is 1. The number of piperazine rings is 1. The average molecular weight is 250 g/mol. The Bertz CT molecular complexity index is 348. The number of rotatable bonds is 4. The van der Waals surface area contributed by atoms with Crippen molar-refractivity contribution in [2.75, 3.05) is 32.7 Å². The minimum atomic E-state index is -0.363. The van der Waals surface area contributed by atoms with Gasteiger partial charge in [-0.15, -0.1) is 0 Å². The van der Waals surface area contributed by atoms with E-state index in [0.717, 1.165) is 32.7 Å². The number of carbonyl (C=O) groups excluding carboxylic acids is 1. The molecule has 0 aromatic heterocycles. The fraction of sp³-hybridized carbons (Fsp3) is 0.692. The topological polar surface area (TPSA) is 59.4 Å². The standard InChI is InChI=1S/C13H22N4O/c1-4-16-7-9-17(10-8-16)13(2,3)6-5-12(18)15-11-14/h5-6H,4,7-10H2,1-3H3,(H,15,18). The zero-order valence-electron chi connectivity index (χ0n) is 11.4. The van der Waals surface area contributed by atoms with Gasteiger partial charge in [0.1, 0.15) is 0 Å². The van der Waals surface area contributed by atoms with E-state index in [1.165, 1.54) is 6.08 Å². The molecule has 5 nitrogen and oxygen atoms in total. The maximum absolute atomic E-state index is 11.2. The van der Waals surface area contributed by atoms with Crippen LogP contribution >= 0.6 is 0 Å². The van der Waals surface area contributed by atoms with E-state index in [9.17, 15) is 4.79 Å². The third-order valence-corrected chi connectivity index (χ3v) is 3.46.